The molecule has 42 valence electrons. The molecule has 0 rings (SSSR count). The lowest BCUT2D eigenvalue weighted by molar-refractivity contribution is 0.421. The molecule has 0 nitrogen and oxygen atoms in total. The fraction of sp³-hybridized carbons (Fsp3) is 0.714. The molecule has 0 unspecified atom stereocenters. The maximum atomic E-state index is 7.38. The zero-order chi connectivity index (χ0) is 7.71. The molecule has 0 saturated carbocycles. The van der Waals surface area contributed by atoms with Gasteiger partial charge in [-0.05, 0) is 11.8 Å². The third-order valence-electron chi connectivity index (χ3n) is 0.535. The summed E-state index contributed by atoms with van der Waals surface area (Å²) in [5.74, 6) is 0. The Bertz CT molecular complexity index is 109. The van der Waals surface area contributed by atoms with Gasteiger partial charge in [0.25, 0.3) is 0 Å². The van der Waals surface area contributed by atoms with Gasteiger partial charge in [0, 0.05) is 2.74 Å². The first-order valence-electron chi connectivity index (χ1n) is 3.45. The first-order valence-corrected chi connectivity index (χ1v) is 2.45. The van der Waals surface area contributed by atoms with E-state index in [1.165, 1.54) is 6.08 Å². The van der Waals surface area contributed by atoms with Crippen molar-refractivity contribution >= 4 is 0 Å². The molecule has 0 N–H and O–H groups in total. The van der Waals surface area contributed by atoms with Gasteiger partial charge in [0.2, 0.25) is 0 Å². The number of allylic oxidation sites excluding steroid dienone is 1. The molecule has 0 fully saturated rings. The van der Waals surface area contributed by atoms with Gasteiger partial charge in [0.1, 0.15) is 0 Å². The molecule has 0 aliphatic carbocycles. The second-order valence-electron chi connectivity index (χ2n) is 2.60. The Morgan fingerprint density at radius 3 is 2.14 bits per heavy atom. The van der Waals surface area contributed by atoms with Crippen molar-refractivity contribution < 1.29 is 2.74 Å². The lowest BCUT2D eigenvalue weighted by Gasteiger charge is -2.13. The second-order valence-corrected chi connectivity index (χ2v) is 2.60. The third-order valence-corrected chi connectivity index (χ3v) is 0.535. The molecule has 0 aromatic heterocycles. The summed E-state index contributed by atoms with van der Waals surface area (Å²) < 4.78 is 14.8. The van der Waals surface area contributed by atoms with Crippen LogP contribution in [-0.4, -0.2) is 0 Å². The maximum Gasteiger partial charge on any atom is 0.0315 e. The lowest BCUT2D eigenvalue weighted by atomic mass is 9.93. The van der Waals surface area contributed by atoms with Crippen LogP contribution in [-0.2, 0) is 0 Å². The Balaban J connectivity index is 4.32. The van der Waals surface area contributed by atoms with Crippen LogP contribution in [0.1, 0.15) is 29.9 Å². The monoisotopic (exact) mass is 100 g/mol. The SMILES string of the molecule is [2H]C([2H])(C=C)C(C)(C)C. The van der Waals surface area contributed by atoms with Gasteiger partial charge >= 0.3 is 0 Å². The first kappa shape index (κ1) is 3.71. The van der Waals surface area contributed by atoms with E-state index in [1.54, 1.807) is 0 Å². The van der Waals surface area contributed by atoms with Crippen molar-refractivity contribution in [3.8, 4) is 0 Å². The van der Waals surface area contributed by atoms with Crippen LogP contribution in [0.3, 0.4) is 0 Å². The van der Waals surface area contributed by atoms with Gasteiger partial charge < -0.3 is 0 Å². The second kappa shape index (κ2) is 2.15. The van der Waals surface area contributed by atoms with E-state index < -0.39 is 6.37 Å². The van der Waals surface area contributed by atoms with Gasteiger partial charge in [0.05, 0.1) is 0 Å². The highest BCUT2D eigenvalue weighted by molar-refractivity contribution is 4.75. The van der Waals surface area contributed by atoms with E-state index in [1.807, 2.05) is 20.8 Å². The topological polar surface area (TPSA) is 0 Å². The summed E-state index contributed by atoms with van der Waals surface area (Å²) in [6.45, 7) is 8.99. The van der Waals surface area contributed by atoms with Crippen molar-refractivity contribution in [2.45, 2.75) is 27.1 Å². The van der Waals surface area contributed by atoms with Gasteiger partial charge in [0.15, 0.2) is 0 Å². The normalized spacial score (nSPS) is 17.6. The van der Waals surface area contributed by atoms with E-state index >= 15 is 0 Å². The van der Waals surface area contributed by atoms with Gasteiger partial charge in [-0.2, -0.15) is 0 Å². The molecule has 0 aliphatic rings. The first-order chi connectivity index (χ1) is 3.81. The predicted molar refractivity (Wildman–Crippen MR) is 34.3 cm³/mol. The van der Waals surface area contributed by atoms with Crippen molar-refractivity contribution in [1.82, 2.24) is 0 Å². The Morgan fingerprint density at radius 1 is 1.71 bits per heavy atom. The molecule has 0 aromatic rings. The van der Waals surface area contributed by atoms with Crippen LogP contribution in [0.15, 0.2) is 12.7 Å². The molecule has 0 aliphatic heterocycles. The maximum absolute atomic E-state index is 7.38. The van der Waals surface area contributed by atoms with Crippen molar-refractivity contribution in [3.05, 3.63) is 12.7 Å². The number of hydrogen-bond donors (Lipinski definition) is 0. The van der Waals surface area contributed by atoms with Gasteiger partial charge in [-0.15, -0.1) is 6.58 Å². The zero-order valence-electron chi connectivity index (χ0n) is 7.28. The summed E-state index contributed by atoms with van der Waals surface area (Å²) in [4.78, 5) is 0. The highest BCUT2D eigenvalue weighted by atomic mass is 14.1. The van der Waals surface area contributed by atoms with E-state index in [2.05, 4.69) is 6.58 Å². The van der Waals surface area contributed by atoms with Crippen LogP contribution in [0.25, 0.3) is 0 Å². The minimum atomic E-state index is -1.26. The van der Waals surface area contributed by atoms with E-state index in [4.69, 9.17) is 2.74 Å². The van der Waals surface area contributed by atoms with Crippen molar-refractivity contribution in [2.24, 2.45) is 5.41 Å². The van der Waals surface area contributed by atoms with Crippen LogP contribution in [0.4, 0.5) is 0 Å². The van der Waals surface area contributed by atoms with Crippen molar-refractivity contribution in [2.75, 3.05) is 0 Å². The number of rotatable bonds is 1. The molecule has 0 amide bonds. The van der Waals surface area contributed by atoms with E-state index in [0.29, 0.717) is 0 Å². The van der Waals surface area contributed by atoms with Crippen LogP contribution in [0.2, 0.25) is 0 Å². The molecular weight excluding hydrogens is 84.1 g/mol. The average Bonchev–Trinajstić information content (AvgIpc) is 1.64. The van der Waals surface area contributed by atoms with E-state index in [-0.39, 0.29) is 5.41 Å². The molecule has 0 atom stereocenters. The Kier molecular flexibility index (Phi) is 1.14. The van der Waals surface area contributed by atoms with Crippen LogP contribution in [0.5, 0.6) is 0 Å². The Hall–Kier alpha value is -0.260. The third kappa shape index (κ3) is 5.74. The van der Waals surface area contributed by atoms with Crippen molar-refractivity contribution in [1.29, 1.82) is 0 Å². The lowest BCUT2D eigenvalue weighted by Crippen LogP contribution is -2.01. The van der Waals surface area contributed by atoms with Crippen molar-refractivity contribution in [3.63, 3.8) is 0 Å². The standard InChI is InChI=1S/C7H14/c1-5-6-7(2,3)4/h5H,1,6H2,2-4H3/i6D2. The van der Waals surface area contributed by atoms with E-state index in [0.717, 1.165) is 0 Å². The highest BCUT2D eigenvalue weighted by Gasteiger charge is 2.04. The van der Waals surface area contributed by atoms with Gasteiger partial charge in [-0.1, -0.05) is 26.8 Å². The minimum Gasteiger partial charge on any atom is -0.103 e. The van der Waals surface area contributed by atoms with Gasteiger partial charge in [-0.25, -0.2) is 0 Å². The molecule has 0 radical (unpaired) electrons. The molecule has 0 heteroatoms. The highest BCUT2D eigenvalue weighted by Crippen LogP contribution is 2.17. The molecule has 0 spiro atoms. The summed E-state index contributed by atoms with van der Waals surface area (Å²) >= 11 is 0. The fourth-order valence-corrected chi connectivity index (χ4v) is 0.306. The molecular formula is C7H14. The molecule has 7 heavy (non-hydrogen) atoms. The Labute approximate surface area is 49.0 Å². The number of hydrogen-bond acceptors (Lipinski definition) is 0. The average molecular weight is 100 g/mol. The molecule has 0 aromatic carbocycles. The fourth-order valence-electron chi connectivity index (χ4n) is 0.306. The van der Waals surface area contributed by atoms with Crippen LogP contribution < -0.4 is 0 Å². The van der Waals surface area contributed by atoms with Gasteiger partial charge in [-0.3, -0.25) is 0 Å². The quantitative estimate of drug-likeness (QED) is 0.444. The van der Waals surface area contributed by atoms with Crippen LogP contribution >= 0.6 is 0 Å². The predicted octanol–water partition coefficient (Wildman–Crippen LogP) is 2.61. The molecule has 0 bridgehead atoms. The summed E-state index contributed by atoms with van der Waals surface area (Å²) in [5, 5.41) is 0. The minimum absolute atomic E-state index is 0.339. The molecule has 0 heterocycles. The smallest absolute Gasteiger partial charge is 0.0315 e. The summed E-state index contributed by atoms with van der Waals surface area (Å²) in [5.41, 5.74) is -0.339. The molecule has 0 saturated heterocycles. The van der Waals surface area contributed by atoms with E-state index in [9.17, 15) is 0 Å². The largest absolute Gasteiger partial charge is 0.103 e. The zero-order valence-corrected chi connectivity index (χ0v) is 5.28. The Morgan fingerprint density at radius 2 is 2.14 bits per heavy atom. The summed E-state index contributed by atoms with van der Waals surface area (Å²) in [7, 11) is 0. The summed E-state index contributed by atoms with van der Waals surface area (Å²) in [6, 6.07) is 0. The summed E-state index contributed by atoms with van der Waals surface area (Å²) in [6.07, 6.45) is 0.0972. The van der Waals surface area contributed by atoms with Crippen LogP contribution in [0, 0.1) is 5.41 Å².